The summed E-state index contributed by atoms with van der Waals surface area (Å²) >= 11 is 0. The fourth-order valence-corrected chi connectivity index (χ4v) is 1.56. The molecule has 0 unspecified atom stereocenters. The Labute approximate surface area is 109 Å². The Morgan fingerprint density at radius 2 is 2.26 bits per heavy atom. The van der Waals surface area contributed by atoms with E-state index in [9.17, 15) is 9.59 Å². The minimum Gasteiger partial charge on any atom is -0.315 e. The lowest BCUT2D eigenvalue weighted by Gasteiger charge is -2.04. The van der Waals surface area contributed by atoms with Crippen LogP contribution in [-0.2, 0) is 17.9 Å². The average molecular weight is 261 g/mol. The van der Waals surface area contributed by atoms with Gasteiger partial charge in [-0.15, -0.1) is 5.10 Å². The molecule has 0 aliphatic carbocycles. The fraction of sp³-hybridized carbons (Fsp3) is 0.333. The predicted octanol–water partition coefficient (Wildman–Crippen LogP) is 0.488. The van der Waals surface area contributed by atoms with E-state index in [1.807, 2.05) is 6.92 Å². The minimum atomic E-state index is -0.218. The van der Waals surface area contributed by atoms with Gasteiger partial charge < -0.3 is 4.57 Å². The number of hydrogen-bond donors (Lipinski definition) is 1. The van der Waals surface area contributed by atoms with Crippen molar-refractivity contribution in [3.05, 3.63) is 41.1 Å². The van der Waals surface area contributed by atoms with Crippen molar-refractivity contribution < 1.29 is 4.79 Å². The third kappa shape index (κ3) is 3.51. The molecule has 0 aromatic carbocycles. The van der Waals surface area contributed by atoms with E-state index in [-0.39, 0.29) is 23.8 Å². The first-order valence-corrected chi connectivity index (χ1v) is 6.04. The highest BCUT2D eigenvalue weighted by Crippen LogP contribution is 1.98. The maximum Gasteiger partial charge on any atom is 0.250 e. The molecule has 100 valence electrons. The number of aryl methyl sites for hydroxylation is 2. The van der Waals surface area contributed by atoms with Gasteiger partial charge in [0.1, 0.15) is 6.33 Å². The topological polar surface area (TPSA) is 81.8 Å². The van der Waals surface area contributed by atoms with Crippen molar-refractivity contribution in [1.82, 2.24) is 19.3 Å². The third-order valence-electron chi connectivity index (χ3n) is 2.59. The second-order valence-corrected chi connectivity index (χ2v) is 3.95. The molecule has 7 heteroatoms. The molecule has 2 aromatic heterocycles. The Bertz CT molecular complexity index is 616. The Morgan fingerprint density at radius 1 is 1.42 bits per heavy atom. The number of hydrogen-bond acceptors (Lipinski definition) is 4. The molecule has 0 aliphatic rings. The number of carbonyl (C=O) groups is 1. The minimum absolute atomic E-state index is 0.122. The number of carbonyl (C=O) groups excluding carboxylic acids is 1. The van der Waals surface area contributed by atoms with E-state index in [0.29, 0.717) is 13.1 Å². The van der Waals surface area contributed by atoms with Crippen molar-refractivity contribution in [3.8, 4) is 0 Å². The van der Waals surface area contributed by atoms with Crippen LogP contribution in [0.15, 0.2) is 35.5 Å². The van der Waals surface area contributed by atoms with Gasteiger partial charge in [-0.2, -0.15) is 0 Å². The third-order valence-corrected chi connectivity index (χ3v) is 2.59. The van der Waals surface area contributed by atoms with Gasteiger partial charge in [-0.3, -0.25) is 19.6 Å². The molecule has 0 bridgehead atoms. The normalized spacial score (nSPS) is 10.4. The first kappa shape index (κ1) is 13.0. The molecule has 2 aromatic rings. The molecule has 0 aliphatic heterocycles. The van der Waals surface area contributed by atoms with Gasteiger partial charge in [0.25, 0.3) is 5.56 Å². The number of nitrogens with zero attached hydrogens (tertiary/aromatic N) is 4. The van der Waals surface area contributed by atoms with Gasteiger partial charge in [0.05, 0.1) is 0 Å². The summed E-state index contributed by atoms with van der Waals surface area (Å²) in [5.41, 5.74) is -0.122. The first-order valence-electron chi connectivity index (χ1n) is 6.04. The van der Waals surface area contributed by atoms with Crippen LogP contribution in [0.1, 0.15) is 13.3 Å². The second kappa shape index (κ2) is 5.94. The highest BCUT2D eigenvalue weighted by Gasteiger charge is 2.06. The van der Waals surface area contributed by atoms with Gasteiger partial charge in [0.15, 0.2) is 0 Å². The Hall–Kier alpha value is -2.44. The van der Waals surface area contributed by atoms with E-state index in [2.05, 4.69) is 15.4 Å². The first-order chi connectivity index (χ1) is 9.19. The Kier molecular flexibility index (Phi) is 4.07. The van der Waals surface area contributed by atoms with E-state index in [4.69, 9.17) is 0 Å². The largest absolute Gasteiger partial charge is 0.315 e. The van der Waals surface area contributed by atoms with Crippen LogP contribution in [-0.4, -0.2) is 25.2 Å². The average Bonchev–Trinajstić information content (AvgIpc) is 2.85. The number of amides is 1. The SMILES string of the molecule is CCn1cnc(NC(=O)CCn2ccccc2=O)n1. The highest BCUT2D eigenvalue weighted by atomic mass is 16.2. The number of rotatable bonds is 5. The van der Waals surface area contributed by atoms with E-state index >= 15 is 0 Å². The monoisotopic (exact) mass is 261 g/mol. The molecular formula is C12H15N5O2. The maximum atomic E-state index is 11.7. The molecule has 0 spiro atoms. The summed E-state index contributed by atoms with van der Waals surface area (Å²) in [5, 5.41) is 6.64. The van der Waals surface area contributed by atoms with Crippen LogP contribution in [0.5, 0.6) is 0 Å². The van der Waals surface area contributed by atoms with Crippen LogP contribution in [0.4, 0.5) is 5.95 Å². The summed E-state index contributed by atoms with van der Waals surface area (Å²) in [6.07, 6.45) is 3.40. The summed E-state index contributed by atoms with van der Waals surface area (Å²) in [5.74, 6) is 0.0665. The van der Waals surface area contributed by atoms with Crippen LogP contribution in [0.3, 0.4) is 0 Å². The number of aromatic nitrogens is 4. The van der Waals surface area contributed by atoms with Crippen molar-refractivity contribution in [2.45, 2.75) is 26.4 Å². The van der Waals surface area contributed by atoms with E-state index in [0.717, 1.165) is 0 Å². The quantitative estimate of drug-likeness (QED) is 0.849. The zero-order chi connectivity index (χ0) is 13.7. The summed E-state index contributed by atoms with van der Waals surface area (Å²) in [4.78, 5) is 27.1. The van der Waals surface area contributed by atoms with E-state index in [1.54, 1.807) is 29.3 Å². The summed E-state index contributed by atoms with van der Waals surface area (Å²) < 4.78 is 3.11. The molecule has 0 fully saturated rings. The smallest absolute Gasteiger partial charge is 0.250 e. The standard InChI is InChI=1S/C12H15N5O2/c1-2-17-9-13-12(15-17)14-10(18)6-8-16-7-4-3-5-11(16)19/h3-5,7,9H,2,6,8H2,1H3,(H,14,15,18). The molecule has 0 saturated heterocycles. The zero-order valence-electron chi connectivity index (χ0n) is 10.6. The van der Waals surface area contributed by atoms with Crippen molar-refractivity contribution in [2.24, 2.45) is 0 Å². The summed E-state index contributed by atoms with van der Waals surface area (Å²) in [6, 6.07) is 4.88. The molecule has 1 amide bonds. The molecule has 2 rings (SSSR count). The number of nitrogens with one attached hydrogen (secondary N) is 1. The number of pyridine rings is 1. The van der Waals surface area contributed by atoms with Crippen LogP contribution in [0.25, 0.3) is 0 Å². The highest BCUT2D eigenvalue weighted by molar-refractivity contribution is 5.88. The molecule has 0 atom stereocenters. The van der Waals surface area contributed by atoms with Crippen molar-refractivity contribution in [3.63, 3.8) is 0 Å². The second-order valence-electron chi connectivity index (χ2n) is 3.95. The van der Waals surface area contributed by atoms with Crippen LogP contribution in [0, 0.1) is 0 Å². The molecular weight excluding hydrogens is 246 g/mol. The van der Waals surface area contributed by atoms with Crippen LogP contribution in [0.2, 0.25) is 0 Å². The van der Waals surface area contributed by atoms with Gasteiger partial charge >= 0.3 is 0 Å². The molecule has 0 radical (unpaired) electrons. The summed E-state index contributed by atoms with van der Waals surface area (Å²) in [6.45, 7) is 2.96. The van der Waals surface area contributed by atoms with E-state index < -0.39 is 0 Å². The zero-order valence-corrected chi connectivity index (χ0v) is 10.6. The van der Waals surface area contributed by atoms with Gasteiger partial charge in [-0.25, -0.2) is 4.98 Å². The maximum absolute atomic E-state index is 11.7. The lowest BCUT2D eigenvalue weighted by atomic mass is 10.3. The van der Waals surface area contributed by atoms with Gasteiger partial charge in [0.2, 0.25) is 11.9 Å². The van der Waals surface area contributed by atoms with Gasteiger partial charge in [0, 0.05) is 31.8 Å². The summed E-state index contributed by atoms with van der Waals surface area (Å²) in [7, 11) is 0. The van der Waals surface area contributed by atoms with Gasteiger partial charge in [-0.1, -0.05) is 6.07 Å². The molecule has 19 heavy (non-hydrogen) atoms. The lowest BCUT2D eigenvalue weighted by Crippen LogP contribution is -2.22. The molecule has 7 nitrogen and oxygen atoms in total. The number of anilines is 1. The van der Waals surface area contributed by atoms with Crippen LogP contribution < -0.4 is 10.9 Å². The van der Waals surface area contributed by atoms with Gasteiger partial charge in [-0.05, 0) is 13.0 Å². The fourth-order valence-electron chi connectivity index (χ4n) is 1.56. The van der Waals surface area contributed by atoms with Crippen molar-refractivity contribution in [1.29, 1.82) is 0 Å². The molecule has 2 heterocycles. The Balaban J connectivity index is 1.88. The van der Waals surface area contributed by atoms with Crippen molar-refractivity contribution >= 4 is 11.9 Å². The Morgan fingerprint density at radius 3 is 2.95 bits per heavy atom. The van der Waals surface area contributed by atoms with E-state index in [1.165, 1.54) is 10.6 Å². The lowest BCUT2D eigenvalue weighted by molar-refractivity contribution is -0.116. The van der Waals surface area contributed by atoms with Crippen LogP contribution >= 0.6 is 0 Å². The molecule has 0 saturated carbocycles. The molecule has 1 N–H and O–H groups in total. The van der Waals surface area contributed by atoms with Crippen molar-refractivity contribution in [2.75, 3.05) is 5.32 Å². The predicted molar refractivity (Wildman–Crippen MR) is 69.6 cm³/mol.